The third-order valence-corrected chi connectivity index (χ3v) is 2.40. The standard InChI is InChI=1S/C8H13N3O4/c1-4(2)8(3-15-6(9)13)5(12)10-7(14)11-8/h4H,3H2,1-2H3,(H2,9,13)(H2,10,11,12,14). The van der Waals surface area contributed by atoms with Crippen LogP contribution in [0.4, 0.5) is 9.59 Å². The van der Waals surface area contributed by atoms with Crippen molar-refractivity contribution >= 4 is 18.0 Å². The molecule has 0 saturated carbocycles. The number of imide groups is 1. The highest BCUT2D eigenvalue weighted by Crippen LogP contribution is 2.21. The molecular weight excluding hydrogens is 202 g/mol. The van der Waals surface area contributed by atoms with E-state index in [-0.39, 0.29) is 12.5 Å². The van der Waals surface area contributed by atoms with Crippen LogP contribution in [0.3, 0.4) is 0 Å². The van der Waals surface area contributed by atoms with Gasteiger partial charge in [-0.15, -0.1) is 0 Å². The molecule has 84 valence electrons. The third kappa shape index (κ3) is 2.00. The minimum atomic E-state index is -1.22. The first-order valence-corrected chi connectivity index (χ1v) is 4.44. The molecule has 1 fully saturated rings. The Labute approximate surface area is 86.3 Å². The van der Waals surface area contributed by atoms with E-state index in [2.05, 4.69) is 15.4 Å². The van der Waals surface area contributed by atoms with Crippen molar-refractivity contribution in [1.82, 2.24) is 10.6 Å². The predicted molar refractivity (Wildman–Crippen MR) is 49.8 cm³/mol. The first-order chi connectivity index (χ1) is 6.88. The molecule has 1 aliphatic rings. The molecule has 1 atom stereocenters. The van der Waals surface area contributed by atoms with E-state index >= 15 is 0 Å². The number of hydrogen-bond acceptors (Lipinski definition) is 4. The normalized spacial score (nSPS) is 25.0. The predicted octanol–water partition coefficient (Wildman–Crippen LogP) is -0.684. The van der Waals surface area contributed by atoms with Crippen LogP contribution >= 0.6 is 0 Å². The molecule has 1 aliphatic heterocycles. The fourth-order valence-electron chi connectivity index (χ4n) is 1.37. The molecule has 0 aromatic heterocycles. The second-order valence-electron chi connectivity index (χ2n) is 3.64. The summed E-state index contributed by atoms with van der Waals surface area (Å²) in [5.41, 5.74) is 3.59. The van der Waals surface area contributed by atoms with E-state index in [1.807, 2.05) is 0 Å². The largest absolute Gasteiger partial charge is 0.447 e. The molecule has 1 heterocycles. The summed E-state index contributed by atoms with van der Waals surface area (Å²) in [4.78, 5) is 33.0. The van der Waals surface area contributed by atoms with Gasteiger partial charge < -0.3 is 15.8 Å². The summed E-state index contributed by atoms with van der Waals surface area (Å²) in [6.07, 6.45) is -0.982. The highest BCUT2D eigenvalue weighted by Gasteiger charge is 2.49. The first-order valence-electron chi connectivity index (χ1n) is 4.44. The molecule has 0 radical (unpaired) electrons. The molecule has 0 aromatic rings. The molecule has 0 aliphatic carbocycles. The lowest BCUT2D eigenvalue weighted by molar-refractivity contribution is -0.127. The summed E-state index contributed by atoms with van der Waals surface area (Å²) in [5, 5.41) is 4.53. The number of hydrogen-bond donors (Lipinski definition) is 3. The van der Waals surface area contributed by atoms with Crippen molar-refractivity contribution in [1.29, 1.82) is 0 Å². The Balaban J connectivity index is 2.84. The molecule has 0 bridgehead atoms. The van der Waals surface area contributed by atoms with E-state index in [4.69, 9.17) is 5.73 Å². The SMILES string of the molecule is CC(C)C1(COC(N)=O)NC(=O)NC1=O. The molecule has 0 spiro atoms. The maximum absolute atomic E-state index is 11.5. The van der Waals surface area contributed by atoms with E-state index in [0.29, 0.717) is 0 Å². The molecule has 1 saturated heterocycles. The smallest absolute Gasteiger partial charge is 0.404 e. The quantitative estimate of drug-likeness (QED) is 0.541. The highest BCUT2D eigenvalue weighted by molar-refractivity contribution is 6.07. The van der Waals surface area contributed by atoms with Gasteiger partial charge in [-0.2, -0.15) is 0 Å². The monoisotopic (exact) mass is 215 g/mol. The van der Waals surface area contributed by atoms with Crippen LogP contribution in [0.1, 0.15) is 13.8 Å². The van der Waals surface area contributed by atoms with Gasteiger partial charge in [-0.25, -0.2) is 9.59 Å². The van der Waals surface area contributed by atoms with Gasteiger partial charge in [0.25, 0.3) is 5.91 Å². The summed E-state index contributed by atoms with van der Waals surface area (Å²) < 4.78 is 4.57. The minimum absolute atomic E-state index is 0.219. The van der Waals surface area contributed by atoms with Crippen LogP contribution in [0.25, 0.3) is 0 Å². The van der Waals surface area contributed by atoms with Crippen LogP contribution in [0.2, 0.25) is 0 Å². The van der Waals surface area contributed by atoms with Gasteiger partial charge in [0, 0.05) is 0 Å². The summed E-state index contributed by atoms with van der Waals surface area (Å²) in [6.45, 7) is 3.20. The molecule has 7 nitrogen and oxygen atoms in total. The van der Waals surface area contributed by atoms with Crippen LogP contribution in [-0.2, 0) is 9.53 Å². The van der Waals surface area contributed by atoms with Crippen molar-refractivity contribution in [2.45, 2.75) is 19.4 Å². The fourth-order valence-corrected chi connectivity index (χ4v) is 1.37. The molecule has 4 amide bonds. The number of carbonyl (C=O) groups is 3. The Morgan fingerprint density at radius 1 is 1.53 bits per heavy atom. The fraction of sp³-hybridized carbons (Fsp3) is 0.625. The first kappa shape index (κ1) is 11.3. The van der Waals surface area contributed by atoms with Crippen molar-refractivity contribution in [2.75, 3.05) is 6.61 Å². The Morgan fingerprint density at radius 2 is 2.13 bits per heavy atom. The average molecular weight is 215 g/mol. The van der Waals surface area contributed by atoms with Gasteiger partial charge in [-0.05, 0) is 5.92 Å². The molecular formula is C8H13N3O4. The van der Waals surface area contributed by atoms with Crippen LogP contribution in [0, 0.1) is 5.92 Å². The zero-order valence-corrected chi connectivity index (χ0v) is 8.49. The zero-order chi connectivity index (χ0) is 11.6. The van der Waals surface area contributed by atoms with Crippen molar-refractivity contribution in [2.24, 2.45) is 11.7 Å². The highest BCUT2D eigenvalue weighted by atomic mass is 16.5. The van der Waals surface area contributed by atoms with Crippen LogP contribution in [0.15, 0.2) is 0 Å². The maximum atomic E-state index is 11.5. The van der Waals surface area contributed by atoms with Crippen LogP contribution in [-0.4, -0.2) is 30.2 Å². The minimum Gasteiger partial charge on any atom is -0.447 e. The summed E-state index contributed by atoms with van der Waals surface area (Å²) in [7, 11) is 0. The van der Waals surface area contributed by atoms with Gasteiger partial charge >= 0.3 is 12.1 Å². The van der Waals surface area contributed by atoms with Crippen molar-refractivity contribution < 1.29 is 19.1 Å². The summed E-state index contributed by atoms with van der Waals surface area (Å²) in [6, 6.07) is -0.596. The van der Waals surface area contributed by atoms with E-state index in [1.165, 1.54) is 0 Å². The Bertz CT molecular complexity index is 315. The van der Waals surface area contributed by atoms with Gasteiger partial charge in [0.15, 0.2) is 5.54 Å². The number of nitrogens with two attached hydrogens (primary N) is 1. The lowest BCUT2D eigenvalue weighted by atomic mass is 9.87. The van der Waals surface area contributed by atoms with E-state index in [0.717, 1.165) is 0 Å². The molecule has 7 heteroatoms. The van der Waals surface area contributed by atoms with Gasteiger partial charge in [-0.3, -0.25) is 10.1 Å². The van der Waals surface area contributed by atoms with E-state index < -0.39 is 23.6 Å². The van der Waals surface area contributed by atoms with Gasteiger partial charge in [0.2, 0.25) is 0 Å². The van der Waals surface area contributed by atoms with Crippen LogP contribution < -0.4 is 16.4 Å². The number of rotatable bonds is 3. The number of primary amides is 1. The molecule has 15 heavy (non-hydrogen) atoms. The van der Waals surface area contributed by atoms with Gasteiger partial charge in [0.05, 0.1) is 0 Å². The molecule has 1 unspecified atom stereocenters. The lowest BCUT2D eigenvalue weighted by Crippen LogP contribution is -2.55. The summed E-state index contributed by atoms with van der Waals surface area (Å²) >= 11 is 0. The second-order valence-corrected chi connectivity index (χ2v) is 3.64. The molecule has 1 rings (SSSR count). The summed E-state index contributed by atoms with van der Waals surface area (Å²) in [5.74, 6) is -0.730. The number of amides is 4. The number of nitrogens with one attached hydrogen (secondary N) is 2. The number of carbonyl (C=O) groups excluding carboxylic acids is 3. The Hall–Kier alpha value is -1.79. The Kier molecular flexibility index (Phi) is 2.83. The number of ether oxygens (including phenoxy) is 1. The van der Waals surface area contributed by atoms with Gasteiger partial charge in [-0.1, -0.05) is 13.8 Å². The average Bonchev–Trinajstić information content (AvgIpc) is 2.38. The number of urea groups is 1. The van der Waals surface area contributed by atoms with E-state index in [1.54, 1.807) is 13.8 Å². The topological polar surface area (TPSA) is 111 Å². The van der Waals surface area contributed by atoms with Crippen molar-refractivity contribution in [3.8, 4) is 0 Å². The van der Waals surface area contributed by atoms with Crippen molar-refractivity contribution in [3.05, 3.63) is 0 Å². The van der Waals surface area contributed by atoms with Gasteiger partial charge in [0.1, 0.15) is 6.61 Å². The molecule has 4 N–H and O–H groups in total. The molecule has 0 aromatic carbocycles. The van der Waals surface area contributed by atoms with Crippen LogP contribution in [0.5, 0.6) is 0 Å². The third-order valence-electron chi connectivity index (χ3n) is 2.40. The Morgan fingerprint density at radius 3 is 2.47 bits per heavy atom. The van der Waals surface area contributed by atoms with E-state index in [9.17, 15) is 14.4 Å². The second kappa shape index (κ2) is 3.76. The zero-order valence-electron chi connectivity index (χ0n) is 8.49. The maximum Gasteiger partial charge on any atom is 0.404 e. The lowest BCUT2D eigenvalue weighted by Gasteiger charge is -2.28. The van der Waals surface area contributed by atoms with Crippen molar-refractivity contribution in [3.63, 3.8) is 0 Å².